The monoisotopic (exact) mass is 325 g/mol. The lowest BCUT2D eigenvalue weighted by atomic mass is 10.1. The van der Waals surface area contributed by atoms with Crippen LogP contribution in [0.3, 0.4) is 0 Å². The molecule has 1 aromatic carbocycles. The summed E-state index contributed by atoms with van der Waals surface area (Å²) in [6.45, 7) is 4.61. The molecule has 0 aliphatic carbocycles. The minimum Gasteiger partial charge on any atom is -0.347 e. The minimum atomic E-state index is -0.137. The van der Waals surface area contributed by atoms with E-state index in [4.69, 9.17) is 0 Å². The van der Waals surface area contributed by atoms with Crippen LogP contribution < -0.4 is 5.32 Å². The molecule has 0 aliphatic heterocycles. The Labute approximate surface area is 139 Å². The number of hydrogen-bond donors (Lipinski definition) is 1. The number of aryl methyl sites for hydroxylation is 2. The third-order valence-corrected chi connectivity index (χ3v) is 4.89. The summed E-state index contributed by atoms with van der Waals surface area (Å²) in [5.41, 5.74) is 4.96. The molecule has 0 saturated carbocycles. The molecule has 0 atom stereocenters. The predicted molar refractivity (Wildman–Crippen MR) is 93.6 cm³/mol. The van der Waals surface area contributed by atoms with E-state index in [1.807, 2.05) is 56.6 Å². The largest absolute Gasteiger partial charge is 0.347 e. The molecule has 0 fully saturated rings. The summed E-state index contributed by atoms with van der Waals surface area (Å²) >= 11 is 1.49. The number of carbonyl (C=O) groups excluding carboxylic acids is 1. The van der Waals surface area contributed by atoms with Crippen LogP contribution in [0.25, 0.3) is 10.7 Å². The fourth-order valence-corrected chi connectivity index (χ4v) is 3.26. The second-order valence-corrected chi connectivity index (χ2v) is 6.42. The normalized spacial score (nSPS) is 10.7. The zero-order chi connectivity index (χ0) is 16.4. The van der Waals surface area contributed by atoms with E-state index in [2.05, 4.69) is 20.9 Å². The second kappa shape index (κ2) is 6.38. The molecule has 118 valence electrons. The van der Waals surface area contributed by atoms with Gasteiger partial charge in [-0.05, 0) is 37.1 Å². The van der Waals surface area contributed by atoms with Gasteiger partial charge in [0, 0.05) is 24.7 Å². The van der Waals surface area contributed by atoms with Crippen LogP contribution in [0.2, 0.25) is 0 Å². The lowest BCUT2D eigenvalue weighted by molar-refractivity contribution is 0.0946. The molecule has 0 radical (unpaired) electrons. The zero-order valence-corrected chi connectivity index (χ0v) is 14.3. The van der Waals surface area contributed by atoms with Crippen molar-refractivity contribution >= 4 is 17.2 Å². The van der Waals surface area contributed by atoms with E-state index in [0.29, 0.717) is 12.2 Å². The van der Waals surface area contributed by atoms with Crippen molar-refractivity contribution in [3.05, 3.63) is 64.3 Å². The van der Waals surface area contributed by atoms with E-state index in [-0.39, 0.29) is 5.91 Å². The Balaban J connectivity index is 1.72. The van der Waals surface area contributed by atoms with Gasteiger partial charge in [0.2, 0.25) is 0 Å². The van der Waals surface area contributed by atoms with Crippen molar-refractivity contribution in [2.75, 3.05) is 0 Å². The smallest absolute Gasteiger partial charge is 0.271 e. The molecular weight excluding hydrogens is 306 g/mol. The average molecular weight is 325 g/mol. The molecule has 3 rings (SSSR count). The van der Waals surface area contributed by atoms with Gasteiger partial charge in [0.15, 0.2) is 0 Å². The molecule has 0 bridgehead atoms. The van der Waals surface area contributed by atoms with Crippen LogP contribution in [0.15, 0.2) is 41.8 Å². The molecule has 3 aromatic rings. The summed E-state index contributed by atoms with van der Waals surface area (Å²) in [4.78, 5) is 16.8. The van der Waals surface area contributed by atoms with Crippen LogP contribution in [-0.2, 0) is 13.6 Å². The van der Waals surface area contributed by atoms with Crippen LogP contribution in [0.1, 0.15) is 27.3 Å². The van der Waals surface area contributed by atoms with E-state index in [1.54, 1.807) is 0 Å². The first kappa shape index (κ1) is 15.5. The number of benzene rings is 1. The maximum atomic E-state index is 12.3. The van der Waals surface area contributed by atoms with Gasteiger partial charge in [-0.15, -0.1) is 11.3 Å². The number of amides is 1. The lowest BCUT2D eigenvalue weighted by Gasteiger charge is -2.06. The van der Waals surface area contributed by atoms with Crippen LogP contribution in [0, 0.1) is 13.8 Å². The van der Waals surface area contributed by atoms with Gasteiger partial charge in [0.05, 0.1) is 5.69 Å². The molecule has 0 spiro atoms. The van der Waals surface area contributed by atoms with Crippen LogP contribution in [0.4, 0.5) is 0 Å². The summed E-state index contributed by atoms with van der Waals surface area (Å²) in [6.07, 6.45) is 0. The highest BCUT2D eigenvalue weighted by atomic mass is 32.1. The van der Waals surface area contributed by atoms with E-state index >= 15 is 0 Å². The number of nitrogens with one attached hydrogen (secondary N) is 1. The topological polar surface area (TPSA) is 46.9 Å². The number of rotatable bonds is 4. The van der Waals surface area contributed by atoms with Gasteiger partial charge in [0.25, 0.3) is 5.91 Å². The Bertz CT molecular complexity index is 848. The Morgan fingerprint density at radius 3 is 2.70 bits per heavy atom. The summed E-state index contributed by atoms with van der Waals surface area (Å²) in [6, 6.07) is 12.1. The van der Waals surface area contributed by atoms with Gasteiger partial charge in [-0.3, -0.25) is 4.79 Å². The number of hydrogen-bond acceptors (Lipinski definition) is 3. The van der Waals surface area contributed by atoms with Gasteiger partial charge in [-0.1, -0.05) is 24.3 Å². The number of nitrogens with zero attached hydrogens (tertiary/aromatic N) is 2. The van der Waals surface area contributed by atoms with Crippen molar-refractivity contribution in [2.24, 2.45) is 7.05 Å². The highest BCUT2D eigenvalue weighted by Crippen LogP contribution is 2.25. The Morgan fingerprint density at radius 2 is 2.00 bits per heavy atom. The Hall–Kier alpha value is -2.40. The zero-order valence-electron chi connectivity index (χ0n) is 13.5. The molecule has 5 heteroatoms. The quantitative estimate of drug-likeness (QED) is 0.795. The number of thiazole rings is 1. The fraction of sp³-hybridized carbons (Fsp3) is 0.222. The van der Waals surface area contributed by atoms with Gasteiger partial charge in [-0.2, -0.15) is 0 Å². The average Bonchev–Trinajstić information content (AvgIpc) is 3.14. The predicted octanol–water partition coefficient (Wildman–Crippen LogP) is 3.70. The molecule has 2 aromatic heterocycles. The third-order valence-electron chi connectivity index (χ3n) is 4.03. The van der Waals surface area contributed by atoms with Gasteiger partial charge in [0.1, 0.15) is 10.7 Å². The minimum absolute atomic E-state index is 0.137. The van der Waals surface area contributed by atoms with Gasteiger partial charge >= 0.3 is 0 Å². The molecule has 0 saturated heterocycles. The SMILES string of the molecule is Cc1ccccc1CNC(=O)c1csc(-c2ccc(C)n2C)n1. The molecule has 0 unspecified atom stereocenters. The molecule has 2 heterocycles. The van der Waals surface area contributed by atoms with E-state index in [1.165, 1.54) is 22.6 Å². The van der Waals surface area contributed by atoms with E-state index < -0.39 is 0 Å². The fourth-order valence-electron chi connectivity index (χ4n) is 2.40. The second-order valence-electron chi connectivity index (χ2n) is 5.57. The van der Waals surface area contributed by atoms with E-state index in [9.17, 15) is 4.79 Å². The van der Waals surface area contributed by atoms with Crippen LogP contribution in [-0.4, -0.2) is 15.5 Å². The van der Waals surface area contributed by atoms with Crippen LogP contribution in [0.5, 0.6) is 0 Å². The first-order chi connectivity index (χ1) is 11.1. The number of carbonyl (C=O) groups is 1. The molecule has 0 aliphatic rings. The van der Waals surface area contributed by atoms with Gasteiger partial charge in [-0.25, -0.2) is 4.98 Å². The molecule has 23 heavy (non-hydrogen) atoms. The van der Waals surface area contributed by atoms with Gasteiger partial charge < -0.3 is 9.88 Å². The van der Waals surface area contributed by atoms with Crippen molar-refractivity contribution in [1.82, 2.24) is 14.9 Å². The molecular formula is C18H19N3OS. The molecule has 1 amide bonds. The highest BCUT2D eigenvalue weighted by Gasteiger charge is 2.14. The van der Waals surface area contributed by atoms with Crippen molar-refractivity contribution in [3.8, 4) is 10.7 Å². The molecule has 1 N–H and O–H groups in total. The Morgan fingerprint density at radius 1 is 1.22 bits per heavy atom. The Kier molecular flexibility index (Phi) is 4.30. The first-order valence-corrected chi connectivity index (χ1v) is 8.35. The van der Waals surface area contributed by atoms with Crippen LogP contribution >= 0.6 is 11.3 Å². The number of aromatic nitrogens is 2. The van der Waals surface area contributed by atoms with E-state index in [0.717, 1.165) is 16.3 Å². The summed E-state index contributed by atoms with van der Waals surface area (Å²) in [7, 11) is 2.00. The standard InChI is InChI=1S/C18H19N3OS/c1-12-6-4-5-7-14(12)10-19-17(22)15-11-23-18(20-15)16-9-8-13(2)21(16)3/h4-9,11H,10H2,1-3H3,(H,19,22). The first-order valence-electron chi connectivity index (χ1n) is 7.47. The van der Waals surface area contributed by atoms with Crippen molar-refractivity contribution in [1.29, 1.82) is 0 Å². The summed E-state index contributed by atoms with van der Waals surface area (Å²) < 4.78 is 2.08. The highest BCUT2D eigenvalue weighted by molar-refractivity contribution is 7.13. The molecule has 4 nitrogen and oxygen atoms in total. The third kappa shape index (κ3) is 3.19. The maximum Gasteiger partial charge on any atom is 0.271 e. The van der Waals surface area contributed by atoms with Crippen molar-refractivity contribution in [2.45, 2.75) is 20.4 Å². The summed E-state index contributed by atoms with van der Waals surface area (Å²) in [5, 5.41) is 5.61. The van der Waals surface area contributed by atoms with Crippen molar-refractivity contribution in [3.63, 3.8) is 0 Å². The summed E-state index contributed by atoms with van der Waals surface area (Å²) in [5.74, 6) is -0.137. The lowest BCUT2D eigenvalue weighted by Crippen LogP contribution is -2.23. The van der Waals surface area contributed by atoms with Crippen molar-refractivity contribution < 1.29 is 4.79 Å². The maximum absolute atomic E-state index is 12.3.